The highest BCUT2D eigenvalue weighted by Gasteiger charge is 2.15. The minimum Gasteiger partial charge on any atom is -0.497 e. The number of nitrogens with zero attached hydrogens (tertiary/aromatic N) is 1. The number of ether oxygens (including phenoxy) is 3. The van der Waals surface area contributed by atoms with Crippen LogP contribution < -0.4 is 19.5 Å². The van der Waals surface area contributed by atoms with Crippen molar-refractivity contribution in [2.75, 3.05) is 54.1 Å². The number of aryl methyl sites for hydroxylation is 1. The molecule has 0 aromatic heterocycles. The Labute approximate surface area is 302 Å². The Hall–Kier alpha value is -3.22. The second-order valence-corrected chi connectivity index (χ2v) is 12.0. The molecule has 0 aliphatic heterocycles. The summed E-state index contributed by atoms with van der Waals surface area (Å²) in [5.41, 5.74) is 6.66. The Kier molecular flexibility index (Phi) is 20.5. The predicted octanol–water partition coefficient (Wildman–Crippen LogP) is 8.82. The van der Waals surface area contributed by atoms with Crippen LogP contribution in [0, 0.1) is 0 Å². The van der Waals surface area contributed by atoms with E-state index in [0.29, 0.717) is 0 Å². The van der Waals surface area contributed by atoms with E-state index in [0.717, 1.165) is 75.5 Å². The third kappa shape index (κ3) is 14.1. The van der Waals surface area contributed by atoms with Crippen molar-refractivity contribution >= 4 is 24.8 Å². The van der Waals surface area contributed by atoms with Crippen molar-refractivity contribution in [2.45, 2.75) is 57.8 Å². The lowest BCUT2D eigenvalue weighted by Crippen LogP contribution is -2.29. The highest BCUT2D eigenvalue weighted by Crippen LogP contribution is 2.35. The van der Waals surface area contributed by atoms with E-state index in [9.17, 15) is 0 Å². The number of methoxy groups -OCH3 is 3. The Morgan fingerprint density at radius 1 is 0.521 bits per heavy atom. The van der Waals surface area contributed by atoms with Crippen LogP contribution in [0.25, 0.3) is 0 Å². The van der Waals surface area contributed by atoms with Crippen LogP contribution in [0.1, 0.15) is 53.5 Å². The summed E-state index contributed by atoms with van der Waals surface area (Å²) in [7, 11) is 5.16. The minimum absolute atomic E-state index is 0. The van der Waals surface area contributed by atoms with Gasteiger partial charge in [-0.3, -0.25) is 0 Å². The molecule has 0 spiro atoms. The van der Waals surface area contributed by atoms with Gasteiger partial charge in [-0.2, -0.15) is 0 Å². The van der Waals surface area contributed by atoms with E-state index in [1.54, 1.807) is 21.3 Å². The van der Waals surface area contributed by atoms with Gasteiger partial charge in [0.15, 0.2) is 11.5 Å². The van der Waals surface area contributed by atoms with Crippen molar-refractivity contribution in [1.29, 1.82) is 0 Å². The fourth-order valence-electron chi connectivity index (χ4n) is 6.12. The summed E-state index contributed by atoms with van der Waals surface area (Å²) >= 11 is 0. The molecule has 0 aliphatic rings. The molecule has 1 N–H and O–H groups in total. The van der Waals surface area contributed by atoms with Crippen molar-refractivity contribution in [1.82, 2.24) is 10.2 Å². The lowest BCUT2D eigenvalue weighted by atomic mass is 9.96. The molecule has 48 heavy (non-hydrogen) atoms. The van der Waals surface area contributed by atoms with Crippen LogP contribution in [-0.2, 0) is 32.1 Å². The minimum atomic E-state index is 0. The summed E-state index contributed by atoms with van der Waals surface area (Å²) < 4.78 is 16.9. The van der Waals surface area contributed by atoms with Gasteiger partial charge < -0.3 is 24.4 Å². The summed E-state index contributed by atoms with van der Waals surface area (Å²) in [6.45, 7) is 5.42. The number of hydrogen-bond donors (Lipinski definition) is 1. The highest BCUT2D eigenvalue weighted by molar-refractivity contribution is 5.85. The van der Waals surface area contributed by atoms with Gasteiger partial charge in [-0.1, -0.05) is 91.7 Å². The van der Waals surface area contributed by atoms with Gasteiger partial charge in [-0.05, 0) is 105 Å². The molecule has 0 aliphatic carbocycles. The molecule has 0 radical (unpaired) electrons. The molecular weight excluding hydrogens is 639 g/mol. The molecule has 4 aromatic carbocycles. The van der Waals surface area contributed by atoms with E-state index in [4.69, 9.17) is 14.2 Å². The second kappa shape index (κ2) is 24.0. The molecule has 0 amide bonds. The molecule has 0 fully saturated rings. The maximum atomic E-state index is 5.84. The number of unbranched alkanes of at least 4 members (excludes halogenated alkanes) is 3. The van der Waals surface area contributed by atoms with Gasteiger partial charge in [0.2, 0.25) is 0 Å². The van der Waals surface area contributed by atoms with E-state index in [-0.39, 0.29) is 24.8 Å². The Morgan fingerprint density at radius 2 is 1.17 bits per heavy atom. The molecule has 262 valence electrons. The molecule has 4 aromatic rings. The van der Waals surface area contributed by atoms with E-state index in [2.05, 4.69) is 95.1 Å². The first kappa shape index (κ1) is 41.0. The zero-order chi connectivity index (χ0) is 32.2. The van der Waals surface area contributed by atoms with Crippen molar-refractivity contribution < 1.29 is 14.2 Å². The maximum Gasteiger partial charge on any atom is 0.164 e. The van der Waals surface area contributed by atoms with Gasteiger partial charge in [-0.15, -0.1) is 24.8 Å². The van der Waals surface area contributed by atoms with Crippen LogP contribution in [0.2, 0.25) is 0 Å². The summed E-state index contributed by atoms with van der Waals surface area (Å²) in [5, 5.41) is 3.69. The van der Waals surface area contributed by atoms with Gasteiger partial charge in [0.1, 0.15) is 5.75 Å². The van der Waals surface area contributed by atoms with E-state index >= 15 is 0 Å². The first-order chi connectivity index (χ1) is 22.7. The summed E-state index contributed by atoms with van der Waals surface area (Å²) in [4.78, 5) is 2.66. The number of benzene rings is 4. The van der Waals surface area contributed by atoms with Crippen LogP contribution in [0.4, 0.5) is 0 Å². The van der Waals surface area contributed by atoms with Crippen LogP contribution in [0.15, 0.2) is 97.1 Å². The standard InChI is InChI=1S/C41H54N2O3.2ClH/c1-44-38-20-14-19-36(33-38)21-23-39-37(22-24-40(45-2)41(39)46-3)25-29-42-28-12-4-5-13-30-43(31-26-34-15-8-6-9-16-34)32-27-35-17-10-7-11-18-35;;/h6-11,14-20,22,24,33,42H,4-5,12-13,21,23,25-32H2,1-3H3;2*1H. The largest absolute Gasteiger partial charge is 0.497 e. The van der Waals surface area contributed by atoms with Crippen LogP contribution >= 0.6 is 24.8 Å². The molecule has 0 bridgehead atoms. The zero-order valence-electron chi connectivity index (χ0n) is 29.1. The topological polar surface area (TPSA) is 43.0 Å². The van der Waals surface area contributed by atoms with Gasteiger partial charge >= 0.3 is 0 Å². The lowest BCUT2D eigenvalue weighted by Gasteiger charge is -2.22. The molecular formula is C41H56Cl2N2O3. The normalized spacial score (nSPS) is 10.7. The molecule has 5 nitrogen and oxygen atoms in total. The highest BCUT2D eigenvalue weighted by atomic mass is 35.5. The Morgan fingerprint density at radius 3 is 1.79 bits per heavy atom. The number of hydrogen-bond acceptors (Lipinski definition) is 5. The number of rotatable bonds is 22. The van der Waals surface area contributed by atoms with Gasteiger partial charge in [0, 0.05) is 18.7 Å². The van der Waals surface area contributed by atoms with Crippen molar-refractivity contribution in [3.63, 3.8) is 0 Å². The molecule has 0 unspecified atom stereocenters. The van der Waals surface area contributed by atoms with Gasteiger partial charge in [0.05, 0.1) is 21.3 Å². The van der Waals surface area contributed by atoms with Crippen LogP contribution in [0.3, 0.4) is 0 Å². The molecule has 0 saturated heterocycles. The first-order valence-electron chi connectivity index (χ1n) is 17.1. The summed E-state index contributed by atoms with van der Waals surface area (Å²) in [6, 6.07) is 34.3. The maximum absolute atomic E-state index is 5.84. The SMILES string of the molecule is COc1cccc(CCc2c(CCNCCCCCCN(CCc3ccccc3)CCc3ccccc3)ccc(OC)c2OC)c1.Cl.Cl. The van der Waals surface area contributed by atoms with Crippen molar-refractivity contribution in [3.05, 3.63) is 125 Å². The molecule has 0 atom stereocenters. The third-order valence-corrected chi connectivity index (χ3v) is 8.81. The van der Waals surface area contributed by atoms with Crippen molar-refractivity contribution in [3.8, 4) is 17.2 Å². The van der Waals surface area contributed by atoms with Gasteiger partial charge in [0.25, 0.3) is 0 Å². The third-order valence-electron chi connectivity index (χ3n) is 8.81. The van der Waals surface area contributed by atoms with Gasteiger partial charge in [-0.25, -0.2) is 0 Å². The lowest BCUT2D eigenvalue weighted by molar-refractivity contribution is 0.273. The average molecular weight is 696 g/mol. The first-order valence-corrected chi connectivity index (χ1v) is 17.1. The quantitative estimate of drug-likeness (QED) is 0.0833. The Balaban J connectivity index is 0.00000400. The average Bonchev–Trinajstić information content (AvgIpc) is 3.11. The molecule has 7 heteroatoms. The van der Waals surface area contributed by atoms with E-state index in [1.807, 2.05) is 12.1 Å². The van der Waals surface area contributed by atoms with Crippen LogP contribution in [-0.4, -0.2) is 59.0 Å². The number of nitrogens with one attached hydrogen (secondary N) is 1. The Bertz CT molecular complexity index is 1360. The molecule has 0 saturated carbocycles. The second-order valence-electron chi connectivity index (χ2n) is 12.0. The van der Waals surface area contributed by atoms with E-state index in [1.165, 1.54) is 60.0 Å². The number of halogens is 2. The zero-order valence-corrected chi connectivity index (χ0v) is 30.8. The molecule has 4 rings (SSSR count). The smallest absolute Gasteiger partial charge is 0.164 e. The predicted molar refractivity (Wildman–Crippen MR) is 206 cm³/mol. The fraction of sp³-hybridized carbons (Fsp3) is 0.415. The molecule has 0 heterocycles. The van der Waals surface area contributed by atoms with Crippen LogP contribution in [0.5, 0.6) is 17.2 Å². The summed E-state index contributed by atoms with van der Waals surface area (Å²) in [6.07, 6.45) is 10.00. The van der Waals surface area contributed by atoms with E-state index < -0.39 is 0 Å². The summed E-state index contributed by atoms with van der Waals surface area (Å²) in [5.74, 6) is 2.53. The fourth-order valence-corrected chi connectivity index (χ4v) is 6.12. The monoisotopic (exact) mass is 694 g/mol. The van der Waals surface area contributed by atoms with Crippen molar-refractivity contribution in [2.24, 2.45) is 0 Å².